The summed E-state index contributed by atoms with van der Waals surface area (Å²) in [5.74, 6) is 0. The second kappa shape index (κ2) is 2.54. The Balaban J connectivity index is 2.88. The van der Waals surface area contributed by atoms with Crippen LogP contribution in [0, 0.1) is 0 Å². The zero-order valence-electron chi connectivity index (χ0n) is 5.17. The molecule has 10 heavy (non-hydrogen) atoms. The van der Waals surface area contributed by atoms with Crippen molar-refractivity contribution >= 4 is 40.1 Å². The molecule has 0 spiro atoms. The molecule has 2 rings (SSSR count). The fourth-order valence-electron chi connectivity index (χ4n) is 0.949. The SMILES string of the molecule is Brc1cc2ccccc2[se]1. The van der Waals surface area contributed by atoms with Gasteiger partial charge in [-0.3, -0.25) is 0 Å². The van der Waals surface area contributed by atoms with E-state index >= 15 is 0 Å². The van der Waals surface area contributed by atoms with Crippen LogP contribution in [0.1, 0.15) is 0 Å². The molecule has 0 radical (unpaired) electrons. The molecule has 0 unspecified atom stereocenters. The van der Waals surface area contributed by atoms with Crippen LogP contribution in [0.2, 0.25) is 0 Å². The number of benzene rings is 1. The van der Waals surface area contributed by atoms with E-state index in [1.54, 1.807) is 0 Å². The van der Waals surface area contributed by atoms with Crippen molar-refractivity contribution in [2.75, 3.05) is 0 Å². The van der Waals surface area contributed by atoms with E-state index in [-0.39, 0.29) is 0 Å². The third-order valence-electron chi connectivity index (χ3n) is 1.40. The standard InChI is InChI=1S/C8H5BrSe/c9-8-5-6-3-1-2-4-7(6)10-8/h1-5H. The first-order valence-corrected chi connectivity index (χ1v) is 5.51. The Kier molecular flexibility index (Phi) is 1.69. The molecule has 0 saturated heterocycles. The van der Waals surface area contributed by atoms with Crippen molar-refractivity contribution in [3.63, 3.8) is 0 Å². The maximum absolute atomic E-state index is 3.51. The van der Waals surface area contributed by atoms with E-state index in [4.69, 9.17) is 0 Å². The maximum atomic E-state index is 3.51. The summed E-state index contributed by atoms with van der Waals surface area (Å²) in [5.41, 5.74) is 0. The molecule has 2 heteroatoms. The van der Waals surface area contributed by atoms with Gasteiger partial charge in [-0.1, -0.05) is 0 Å². The molecule has 0 atom stereocenters. The van der Waals surface area contributed by atoms with E-state index in [0.29, 0.717) is 14.5 Å². The normalized spacial score (nSPS) is 10.5. The molecule has 0 aliphatic carbocycles. The average molecular weight is 260 g/mol. The Morgan fingerprint density at radius 1 is 1.20 bits per heavy atom. The van der Waals surface area contributed by atoms with E-state index in [0.717, 1.165) is 0 Å². The molecule has 0 saturated carbocycles. The number of halogens is 1. The van der Waals surface area contributed by atoms with E-state index in [1.165, 1.54) is 13.0 Å². The van der Waals surface area contributed by atoms with Crippen molar-refractivity contribution in [2.24, 2.45) is 0 Å². The predicted octanol–water partition coefficient (Wildman–Crippen LogP) is 2.66. The van der Waals surface area contributed by atoms with Crippen LogP contribution in [0.4, 0.5) is 0 Å². The van der Waals surface area contributed by atoms with Crippen molar-refractivity contribution in [1.82, 2.24) is 0 Å². The summed E-state index contributed by atoms with van der Waals surface area (Å²) in [6, 6.07) is 10.7. The molecule has 0 aliphatic rings. The van der Waals surface area contributed by atoms with Gasteiger partial charge >= 0.3 is 73.8 Å². The van der Waals surface area contributed by atoms with Gasteiger partial charge in [-0.2, -0.15) is 0 Å². The van der Waals surface area contributed by atoms with Crippen molar-refractivity contribution in [3.8, 4) is 0 Å². The van der Waals surface area contributed by atoms with Crippen molar-refractivity contribution < 1.29 is 0 Å². The summed E-state index contributed by atoms with van der Waals surface area (Å²) < 4.78 is 2.84. The van der Waals surface area contributed by atoms with Gasteiger partial charge in [0.25, 0.3) is 0 Å². The summed E-state index contributed by atoms with van der Waals surface area (Å²) >= 11 is 4.05. The molecule has 1 aromatic carbocycles. The molecule has 1 heterocycles. The first kappa shape index (κ1) is 6.66. The molecule has 0 fully saturated rings. The first-order chi connectivity index (χ1) is 4.86. The Bertz CT molecular complexity index is 318. The van der Waals surface area contributed by atoms with E-state index in [2.05, 4.69) is 46.3 Å². The van der Waals surface area contributed by atoms with Crippen LogP contribution in [0.5, 0.6) is 0 Å². The average Bonchev–Trinajstić information content (AvgIpc) is 2.27. The van der Waals surface area contributed by atoms with Crippen LogP contribution in [-0.4, -0.2) is 14.5 Å². The van der Waals surface area contributed by atoms with Gasteiger partial charge in [0.15, 0.2) is 0 Å². The molecule has 0 nitrogen and oxygen atoms in total. The molecule has 50 valence electrons. The van der Waals surface area contributed by atoms with Crippen LogP contribution < -0.4 is 0 Å². The van der Waals surface area contributed by atoms with Gasteiger partial charge in [-0.05, 0) is 0 Å². The van der Waals surface area contributed by atoms with Gasteiger partial charge in [-0.15, -0.1) is 0 Å². The van der Waals surface area contributed by atoms with Gasteiger partial charge < -0.3 is 0 Å². The zero-order valence-corrected chi connectivity index (χ0v) is 8.47. The summed E-state index contributed by atoms with van der Waals surface area (Å²) in [5, 5.41) is 1.38. The summed E-state index contributed by atoms with van der Waals surface area (Å²) in [6.45, 7) is 0. The summed E-state index contributed by atoms with van der Waals surface area (Å²) in [4.78, 5) is 0. The quantitative estimate of drug-likeness (QED) is 0.639. The second-order valence-corrected chi connectivity index (χ2v) is 6.40. The van der Waals surface area contributed by atoms with Crippen LogP contribution in [-0.2, 0) is 0 Å². The Hall–Kier alpha value is -0.0405. The molecule has 0 bridgehead atoms. The topological polar surface area (TPSA) is 0 Å². The van der Waals surface area contributed by atoms with Crippen LogP contribution in [0.25, 0.3) is 9.65 Å². The second-order valence-electron chi connectivity index (χ2n) is 2.09. The van der Waals surface area contributed by atoms with E-state index in [9.17, 15) is 0 Å². The van der Waals surface area contributed by atoms with E-state index < -0.39 is 0 Å². The van der Waals surface area contributed by atoms with E-state index in [1.807, 2.05) is 0 Å². The molecule has 0 amide bonds. The van der Waals surface area contributed by atoms with Gasteiger partial charge in [0.2, 0.25) is 0 Å². The predicted molar refractivity (Wildman–Crippen MR) is 48.6 cm³/mol. The van der Waals surface area contributed by atoms with Crippen LogP contribution in [0.3, 0.4) is 0 Å². The van der Waals surface area contributed by atoms with Crippen molar-refractivity contribution in [2.45, 2.75) is 0 Å². The number of hydrogen-bond donors (Lipinski definition) is 0. The molecule has 2 aromatic rings. The van der Waals surface area contributed by atoms with Gasteiger partial charge in [0, 0.05) is 0 Å². The summed E-state index contributed by atoms with van der Waals surface area (Å²) in [6.07, 6.45) is 0. The van der Waals surface area contributed by atoms with Gasteiger partial charge in [-0.25, -0.2) is 0 Å². The fourth-order valence-corrected chi connectivity index (χ4v) is 3.75. The third kappa shape index (κ3) is 1.07. The number of fused-ring (bicyclic) bond motifs is 1. The Labute approximate surface area is 73.7 Å². The molecular weight excluding hydrogens is 255 g/mol. The Morgan fingerprint density at radius 3 is 2.80 bits per heavy atom. The number of hydrogen-bond acceptors (Lipinski definition) is 0. The van der Waals surface area contributed by atoms with Gasteiger partial charge in [0.05, 0.1) is 0 Å². The first-order valence-electron chi connectivity index (χ1n) is 3.00. The van der Waals surface area contributed by atoms with Crippen molar-refractivity contribution in [1.29, 1.82) is 0 Å². The molecule has 1 aromatic heterocycles. The monoisotopic (exact) mass is 260 g/mol. The van der Waals surface area contributed by atoms with Crippen LogP contribution in [0.15, 0.2) is 33.7 Å². The molecule has 0 N–H and O–H groups in total. The van der Waals surface area contributed by atoms with Crippen molar-refractivity contribution in [3.05, 3.63) is 33.7 Å². The minimum atomic E-state index is 0.538. The Morgan fingerprint density at radius 2 is 2.00 bits per heavy atom. The van der Waals surface area contributed by atoms with Gasteiger partial charge in [0.1, 0.15) is 0 Å². The minimum absolute atomic E-state index is 0.538. The third-order valence-corrected chi connectivity index (χ3v) is 4.36. The fraction of sp³-hybridized carbons (Fsp3) is 0. The molecular formula is C8H5BrSe. The zero-order chi connectivity index (χ0) is 6.97. The summed E-state index contributed by atoms with van der Waals surface area (Å²) in [7, 11) is 0. The molecule has 0 aliphatic heterocycles. The van der Waals surface area contributed by atoms with Crippen LogP contribution >= 0.6 is 15.9 Å². The number of rotatable bonds is 0.